The Morgan fingerprint density at radius 2 is 1.64 bits per heavy atom. The Bertz CT molecular complexity index is 229. The topological polar surface area (TPSA) is 30.3 Å². The third kappa shape index (κ3) is 1.65. The summed E-state index contributed by atoms with van der Waals surface area (Å²) < 4.78 is 0. The number of nitriles is 1. The van der Waals surface area contributed by atoms with Crippen LogP contribution in [0.15, 0.2) is 0 Å². The summed E-state index contributed by atoms with van der Waals surface area (Å²) in [4.78, 5) is 4.74. The Morgan fingerprint density at radius 3 is 2.14 bits per heavy atom. The van der Waals surface area contributed by atoms with Crippen LogP contribution in [0.2, 0.25) is 0 Å². The second kappa shape index (κ2) is 3.88. The van der Waals surface area contributed by atoms with E-state index in [0.717, 1.165) is 39.0 Å². The summed E-state index contributed by atoms with van der Waals surface area (Å²) >= 11 is 0. The van der Waals surface area contributed by atoms with Crippen LogP contribution < -0.4 is 0 Å². The highest BCUT2D eigenvalue weighted by atomic mass is 15.2. The van der Waals surface area contributed by atoms with E-state index in [0.29, 0.717) is 0 Å². The van der Waals surface area contributed by atoms with Gasteiger partial charge in [-0.2, -0.15) is 5.26 Å². The van der Waals surface area contributed by atoms with Gasteiger partial charge >= 0.3 is 0 Å². The maximum Gasteiger partial charge on any atom is 0.111 e. The third-order valence-corrected chi connectivity index (χ3v) is 3.73. The zero-order chi connectivity index (χ0) is 10.0. The van der Waals surface area contributed by atoms with Crippen LogP contribution in [0.3, 0.4) is 0 Å². The molecule has 2 fully saturated rings. The first-order valence-corrected chi connectivity index (χ1v) is 5.62. The lowest BCUT2D eigenvalue weighted by Gasteiger charge is -2.41. The number of rotatable bonds is 1. The van der Waals surface area contributed by atoms with Gasteiger partial charge in [0.1, 0.15) is 5.54 Å². The fraction of sp³-hybridized carbons (Fsp3) is 0.909. The number of piperidine rings is 1. The maximum absolute atomic E-state index is 9.38. The van der Waals surface area contributed by atoms with Crippen LogP contribution in [0.25, 0.3) is 0 Å². The molecule has 2 aliphatic heterocycles. The van der Waals surface area contributed by atoms with E-state index in [4.69, 9.17) is 0 Å². The molecule has 2 rings (SSSR count). The zero-order valence-electron chi connectivity index (χ0n) is 9.00. The SMILES string of the molecule is CN1CCC(C#N)(N2CCCC2)CC1. The zero-order valence-corrected chi connectivity index (χ0v) is 9.00. The molecule has 3 nitrogen and oxygen atoms in total. The lowest BCUT2D eigenvalue weighted by molar-refractivity contribution is 0.0904. The molecule has 0 spiro atoms. The van der Waals surface area contributed by atoms with E-state index < -0.39 is 0 Å². The van der Waals surface area contributed by atoms with Crippen LogP contribution in [-0.4, -0.2) is 48.6 Å². The van der Waals surface area contributed by atoms with Crippen molar-refractivity contribution in [2.45, 2.75) is 31.2 Å². The van der Waals surface area contributed by atoms with E-state index in [-0.39, 0.29) is 5.54 Å². The van der Waals surface area contributed by atoms with Crippen LogP contribution in [0.1, 0.15) is 25.7 Å². The molecular formula is C11H19N3. The van der Waals surface area contributed by atoms with Gasteiger partial charge in [-0.3, -0.25) is 4.90 Å². The summed E-state index contributed by atoms with van der Waals surface area (Å²) in [6.45, 7) is 4.42. The smallest absolute Gasteiger partial charge is 0.111 e. The number of hydrogen-bond donors (Lipinski definition) is 0. The second-order valence-electron chi connectivity index (χ2n) is 4.64. The summed E-state index contributed by atoms with van der Waals surface area (Å²) in [6.07, 6.45) is 4.61. The molecule has 2 heterocycles. The molecule has 2 saturated heterocycles. The van der Waals surface area contributed by atoms with Crippen LogP contribution >= 0.6 is 0 Å². The van der Waals surface area contributed by atoms with Gasteiger partial charge < -0.3 is 4.90 Å². The average Bonchev–Trinajstić information content (AvgIpc) is 2.73. The van der Waals surface area contributed by atoms with Gasteiger partial charge in [-0.1, -0.05) is 0 Å². The van der Waals surface area contributed by atoms with E-state index in [1.807, 2.05) is 0 Å². The first kappa shape index (κ1) is 9.95. The molecule has 0 amide bonds. The Balaban J connectivity index is 2.06. The normalized spacial score (nSPS) is 28.9. The van der Waals surface area contributed by atoms with Crippen LogP contribution in [0.4, 0.5) is 0 Å². The first-order chi connectivity index (χ1) is 6.77. The molecule has 0 N–H and O–H groups in total. The second-order valence-corrected chi connectivity index (χ2v) is 4.64. The van der Waals surface area contributed by atoms with Gasteiger partial charge in [-0.25, -0.2) is 0 Å². The van der Waals surface area contributed by atoms with E-state index in [2.05, 4.69) is 22.9 Å². The molecule has 0 aromatic rings. The summed E-state index contributed by atoms with van der Waals surface area (Å²) in [5.74, 6) is 0. The largest absolute Gasteiger partial charge is 0.306 e. The fourth-order valence-electron chi connectivity index (χ4n) is 2.63. The van der Waals surface area contributed by atoms with E-state index in [1.54, 1.807) is 0 Å². The number of nitrogens with zero attached hydrogens (tertiary/aromatic N) is 3. The predicted octanol–water partition coefficient (Wildman–Crippen LogP) is 1.07. The van der Waals surface area contributed by atoms with Crippen molar-refractivity contribution in [3.8, 4) is 6.07 Å². The van der Waals surface area contributed by atoms with Crippen molar-refractivity contribution in [2.75, 3.05) is 33.2 Å². The van der Waals surface area contributed by atoms with E-state index >= 15 is 0 Å². The minimum Gasteiger partial charge on any atom is -0.306 e. The lowest BCUT2D eigenvalue weighted by atomic mass is 9.87. The molecule has 0 aromatic carbocycles. The average molecular weight is 193 g/mol. The van der Waals surface area contributed by atoms with E-state index in [1.165, 1.54) is 12.8 Å². The van der Waals surface area contributed by atoms with Gasteiger partial charge in [-0.15, -0.1) is 0 Å². The Kier molecular flexibility index (Phi) is 2.76. The van der Waals surface area contributed by atoms with Crippen molar-refractivity contribution in [1.29, 1.82) is 5.26 Å². The van der Waals surface area contributed by atoms with Crippen molar-refractivity contribution in [3.05, 3.63) is 0 Å². The highest BCUT2D eigenvalue weighted by molar-refractivity contribution is 5.11. The molecule has 0 bridgehead atoms. The van der Waals surface area contributed by atoms with Crippen LogP contribution in [0, 0.1) is 11.3 Å². The van der Waals surface area contributed by atoms with Crippen LogP contribution in [0.5, 0.6) is 0 Å². The van der Waals surface area contributed by atoms with Crippen molar-refractivity contribution in [1.82, 2.24) is 9.80 Å². The monoisotopic (exact) mass is 193 g/mol. The summed E-state index contributed by atoms with van der Waals surface area (Å²) in [5.41, 5.74) is -0.122. The van der Waals surface area contributed by atoms with Gasteiger partial charge in [0, 0.05) is 13.1 Å². The molecule has 0 atom stereocenters. The molecule has 0 aromatic heterocycles. The molecule has 2 aliphatic rings. The van der Waals surface area contributed by atoms with E-state index in [9.17, 15) is 5.26 Å². The van der Waals surface area contributed by atoms with Gasteiger partial charge in [0.2, 0.25) is 0 Å². The Morgan fingerprint density at radius 1 is 1.07 bits per heavy atom. The standard InChI is InChI=1S/C11H19N3/c1-13-8-4-11(10-12,5-9-13)14-6-2-3-7-14/h2-9H2,1H3. The van der Waals surface area contributed by atoms with Gasteiger partial charge in [-0.05, 0) is 45.8 Å². The number of hydrogen-bond acceptors (Lipinski definition) is 3. The molecule has 78 valence electrons. The summed E-state index contributed by atoms with van der Waals surface area (Å²) in [7, 11) is 2.14. The Hall–Kier alpha value is -0.590. The van der Waals surface area contributed by atoms with Crippen molar-refractivity contribution in [3.63, 3.8) is 0 Å². The molecule has 3 heteroatoms. The first-order valence-electron chi connectivity index (χ1n) is 5.62. The molecular weight excluding hydrogens is 174 g/mol. The van der Waals surface area contributed by atoms with Crippen molar-refractivity contribution in [2.24, 2.45) is 0 Å². The minimum absolute atomic E-state index is 0.122. The third-order valence-electron chi connectivity index (χ3n) is 3.73. The number of likely N-dealkylation sites (tertiary alicyclic amines) is 2. The summed E-state index contributed by atoms with van der Waals surface area (Å²) in [6, 6.07) is 2.58. The van der Waals surface area contributed by atoms with Crippen LogP contribution in [-0.2, 0) is 0 Å². The molecule has 0 unspecified atom stereocenters. The molecule has 0 saturated carbocycles. The molecule has 14 heavy (non-hydrogen) atoms. The van der Waals surface area contributed by atoms with Gasteiger partial charge in [0.25, 0.3) is 0 Å². The molecule has 0 aliphatic carbocycles. The highest BCUT2D eigenvalue weighted by Gasteiger charge is 2.40. The Labute approximate surface area is 86.3 Å². The van der Waals surface area contributed by atoms with Crippen molar-refractivity contribution >= 4 is 0 Å². The van der Waals surface area contributed by atoms with Crippen molar-refractivity contribution < 1.29 is 0 Å². The minimum atomic E-state index is -0.122. The highest BCUT2D eigenvalue weighted by Crippen LogP contribution is 2.30. The lowest BCUT2D eigenvalue weighted by Crippen LogP contribution is -2.52. The molecule has 0 radical (unpaired) electrons. The fourth-order valence-corrected chi connectivity index (χ4v) is 2.63. The maximum atomic E-state index is 9.38. The quantitative estimate of drug-likeness (QED) is 0.624. The van der Waals surface area contributed by atoms with Gasteiger partial charge in [0.05, 0.1) is 6.07 Å². The summed E-state index contributed by atoms with van der Waals surface area (Å²) in [5, 5.41) is 9.38. The predicted molar refractivity (Wildman–Crippen MR) is 55.9 cm³/mol. The van der Waals surface area contributed by atoms with Gasteiger partial charge in [0.15, 0.2) is 0 Å².